The third-order valence-corrected chi connectivity index (χ3v) is 3.21. The van der Waals surface area contributed by atoms with Crippen LogP contribution in [0.25, 0.3) is 6.08 Å². The van der Waals surface area contributed by atoms with Gasteiger partial charge in [-0.25, -0.2) is 0 Å². The van der Waals surface area contributed by atoms with Gasteiger partial charge in [0, 0.05) is 10.7 Å². The number of aliphatic imine (C=N–C) groups is 1. The first-order valence-electron chi connectivity index (χ1n) is 5.68. The van der Waals surface area contributed by atoms with Gasteiger partial charge in [-0.2, -0.15) is 0 Å². The van der Waals surface area contributed by atoms with Crippen molar-refractivity contribution in [3.8, 4) is 0 Å². The molecule has 0 N–H and O–H groups in total. The number of allylic oxidation sites excluding steroid dienone is 1. The summed E-state index contributed by atoms with van der Waals surface area (Å²) in [5.41, 5.74) is 1.35. The van der Waals surface area contributed by atoms with E-state index in [0.29, 0.717) is 16.3 Å². The molecule has 0 aliphatic carbocycles. The Kier molecular flexibility index (Phi) is 3.81. The van der Waals surface area contributed by atoms with Crippen LogP contribution < -0.4 is 0 Å². The standard InChI is InChI=1S/C14H12ClNO3/c1-8-12(14(18)19-2)13(17)11(16-8)7-9-5-3-4-6-10(9)15/h3-7,12H,1-2H3/b11-7+. The van der Waals surface area contributed by atoms with Crippen LogP contribution in [0.1, 0.15) is 12.5 Å². The average molecular weight is 278 g/mol. The molecule has 4 nitrogen and oxygen atoms in total. The van der Waals surface area contributed by atoms with Crippen molar-refractivity contribution in [2.45, 2.75) is 6.92 Å². The number of carbonyl (C=O) groups excluding carboxylic acids is 2. The number of methoxy groups -OCH3 is 1. The molecular weight excluding hydrogens is 266 g/mol. The van der Waals surface area contributed by atoms with E-state index in [0.717, 1.165) is 0 Å². The summed E-state index contributed by atoms with van der Waals surface area (Å²) in [5, 5.41) is 0.525. The van der Waals surface area contributed by atoms with Crippen molar-refractivity contribution in [1.29, 1.82) is 0 Å². The molecular formula is C14H12ClNO3. The quantitative estimate of drug-likeness (QED) is 0.474. The van der Waals surface area contributed by atoms with Gasteiger partial charge in [0.15, 0.2) is 5.92 Å². The highest BCUT2D eigenvalue weighted by Crippen LogP contribution is 2.25. The van der Waals surface area contributed by atoms with E-state index >= 15 is 0 Å². The lowest BCUT2D eigenvalue weighted by Gasteiger charge is -2.05. The zero-order valence-corrected chi connectivity index (χ0v) is 11.3. The molecule has 0 spiro atoms. The fraction of sp³-hybridized carbons (Fsp3) is 0.214. The molecule has 1 heterocycles. The van der Waals surface area contributed by atoms with E-state index in [1.165, 1.54) is 7.11 Å². The number of carbonyl (C=O) groups is 2. The number of esters is 1. The Bertz CT molecular complexity index is 604. The van der Waals surface area contributed by atoms with Crippen LogP contribution in [-0.4, -0.2) is 24.6 Å². The van der Waals surface area contributed by atoms with Crippen LogP contribution >= 0.6 is 11.6 Å². The number of halogens is 1. The predicted molar refractivity (Wildman–Crippen MR) is 73.1 cm³/mol. The summed E-state index contributed by atoms with van der Waals surface area (Å²) in [7, 11) is 1.25. The lowest BCUT2D eigenvalue weighted by molar-refractivity contribution is -0.145. The van der Waals surface area contributed by atoms with Crippen molar-refractivity contribution in [3.63, 3.8) is 0 Å². The highest BCUT2D eigenvalue weighted by molar-refractivity contribution is 6.33. The van der Waals surface area contributed by atoms with Crippen LogP contribution in [0.5, 0.6) is 0 Å². The number of nitrogens with zero attached hydrogens (tertiary/aromatic N) is 1. The first kappa shape index (κ1) is 13.5. The van der Waals surface area contributed by atoms with Crippen LogP contribution in [0.15, 0.2) is 35.0 Å². The van der Waals surface area contributed by atoms with Crippen molar-refractivity contribution in [2.24, 2.45) is 10.9 Å². The molecule has 1 atom stereocenters. The molecule has 1 aliphatic rings. The van der Waals surface area contributed by atoms with E-state index in [1.807, 2.05) is 6.07 Å². The van der Waals surface area contributed by atoms with Crippen molar-refractivity contribution < 1.29 is 14.3 Å². The number of hydrogen-bond acceptors (Lipinski definition) is 4. The van der Waals surface area contributed by atoms with Gasteiger partial charge in [-0.15, -0.1) is 0 Å². The summed E-state index contributed by atoms with van der Waals surface area (Å²) in [6, 6.07) is 7.11. The van der Waals surface area contributed by atoms with Crippen LogP contribution in [-0.2, 0) is 14.3 Å². The first-order chi connectivity index (χ1) is 9.04. The van der Waals surface area contributed by atoms with E-state index in [-0.39, 0.29) is 11.5 Å². The highest BCUT2D eigenvalue weighted by atomic mass is 35.5. The van der Waals surface area contributed by atoms with E-state index in [2.05, 4.69) is 9.73 Å². The number of hydrogen-bond donors (Lipinski definition) is 0. The van der Waals surface area contributed by atoms with Gasteiger partial charge < -0.3 is 4.74 Å². The first-order valence-corrected chi connectivity index (χ1v) is 6.06. The molecule has 0 fully saturated rings. The lowest BCUT2D eigenvalue weighted by Crippen LogP contribution is -2.27. The normalized spacial score (nSPS) is 20.6. The van der Waals surface area contributed by atoms with Gasteiger partial charge in [0.05, 0.1) is 7.11 Å². The maximum absolute atomic E-state index is 12.1. The highest BCUT2D eigenvalue weighted by Gasteiger charge is 2.37. The van der Waals surface area contributed by atoms with E-state index < -0.39 is 11.9 Å². The van der Waals surface area contributed by atoms with E-state index in [1.54, 1.807) is 31.2 Å². The molecule has 0 saturated heterocycles. The summed E-state index contributed by atoms with van der Waals surface area (Å²) in [6.07, 6.45) is 1.58. The third-order valence-electron chi connectivity index (χ3n) is 2.86. The van der Waals surface area contributed by atoms with Crippen molar-refractivity contribution in [1.82, 2.24) is 0 Å². The minimum Gasteiger partial charge on any atom is -0.468 e. The zero-order valence-electron chi connectivity index (χ0n) is 10.5. The van der Waals surface area contributed by atoms with Crippen LogP contribution in [0.3, 0.4) is 0 Å². The Morgan fingerprint density at radius 3 is 2.74 bits per heavy atom. The molecule has 1 aromatic rings. The number of ether oxygens (including phenoxy) is 1. The van der Waals surface area contributed by atoms with Crippen molar-refractivity contribution in [2.75, 3.05) is 7.11 Å². The Morgan fingerprint density at radius 2 is 2.11 bits per heavy atom. The van der Waals surface area contributed by atoms with E-state index in [4.69, 9.17) is 11.6 Å². The SMILES string of the molecule is COC(=O)C1C(=O)/C(=C\c2ccccc2Cl)N=C1C. The number of ketones is 1. The Hall–Kier alpha value is -1.94. The Labute approximate surface area is 115 Å². The van der Waals surface area contributed by atoms with Gasteiger partial charge in [-0.05, 0) is 24.6 Å². The molecule has 19 heavy (non-hydrogen) atoms. The Balaban J connectivity index is 2.37. The molecule has 1 unspecified atom stereocenters. The van der Waals surface area contributed by atoms with Gasteiger partial charge in [0.1, 0.15) is 5.70 Å². The minimum absolute atomic E-state index is 0.223. The second-order valence-electron chi connectivity index (χ2n) is 4.12. The summed E-state index contributed by atoms with van der Waals surface area (Å²) >= 11 is 6.02. The molecule has 1 aromatic carbocycles. The monoisotopic (exact) mass is 277 g/mol. The Morgan fingerprint density at radius 1 is 1.42 bits per heavy atom. The third kappa shape index (κ3) is 2.58. The minimum atomic E-state index is -0.932. The average Bonchev–Trinajstić information content (AvgIpc) is 2.66. The molecule has 98 valence electrons. The molecule has 1 aliphatic heterocycles. The topological polar surface area (TPSA) is 55.7 Å². The molecule has 0 saturated carbocycles. The van der Waals surface area contributed by atoms with Gasteiger partial charge in [0.2, 0.25) is 5.78 Å². The lowest BCUT2D eigenvalue weighted by atomic mass is 10.0. The number of Topliss-reactive ketones (excluding diaryl/α,β-unsaturated/α-hetero) is 1. The largest absolute Gasteiger partial charge is 0.468 e. The van der Waals surface area contributed by atoms with Crippen molar-refractivity contribution in [3.05, 3.63) is 40.5 Å². The number of rotatable bonds is 2. The fourth-order valence-electron chi connectivity index (χ4n) is 1.89. The molecule has 0 aromatic heterocycles. The van der Waals surface area contributed by atoms with E-state index in [9.17, 15) is 9.59 Å². The second-order valence-corrected chi connectivity index (χ2v) is 4.53. The molecule has 0 radical (unpaired) electrons. The maximum atomic E-state index is 12.1. The maximum Gasteiger partial charge on any atom is 0.322 e. The van der Waals surface area contributed by atoms with Crippen molar-refractivity contribution >= 4 is 35.1 Å². The molecule has 0 amide bonds. The smallest absolute Gasteiger partial charge is 0.322 e. The molecule has 5 heteroatoms. The molecule has 2 rings (SSSR count). The van der Waals surface area contributed by atoms with Gasteiger partial charge in [-0.3, -0.25) is 14.6 Å². The summed E-state index contributed by atoms with van der Waals surface area (Å²) in [6.45, 7) is 1.63. The van der Waals surface area contributed by atoms with Crippen LogP contribution in [0, 0.1) is 5.92 Å². The van der Waals surface area contributed by atoms with Gasteiger partial charge in [-0.1, -0.05) is 29.8 Å². The summed E-state index contributed by atoms with van der Waals surface area (Å²) in [4.78, 5) is 27.8. The zero-order chi connectivity index (χ0) is 14.0. The van der Waals surface area contributed by atoms with Gasteiger partial charge >= 0.3 is 5.97 Å². The fourth-order valence-corrected chi connectivity index (χ4v) is 2.08. The summed E-state index contributed by atoms with van der Waals surface area (Å²) < 4.78 is 4.60. The predicted octanol–water partition coefficient (Wildman–Crippen LogP) is 2.51. The van der Waals surface area contributed by atoms with Crippen LogP contribution in [0.2, 0.25) is 5.02 Å². The second kappa shape index (κ2) is 5.36. The van der Waals surface area contributed by atoms with Crippen LogP contribution in [0.4, 0.5) is 0 Å². The summed E-state index contributed by atoms with van der Waals surface area (Å²) in [5.74, 6) is -1.88. The number of benzene rings is 1. The molecule has 0 bridgehead atoms. The van der Waals surface area contributed by atoms with Gasteiger partial charge in [0.25, 0.3) is 0 Å².